The molecule has 0 unspecified atom stereocenters. The van der Waals surface area contributed by atoms with Crippen molar-refractivity contribution in [3.63, 3.8) is 0 Å². The minimum atomic E-state index is 0.451. The van der Waals surface area contributed by atoms with E-state index in [1.54, 1.807) is 0 Å². The lowest BCUT2D eigenvalue weighted by molar-refractivity contribution is 0.288. The molecule has 1 aromatic heterocycles. The molecule has 21 heavy (non-hydrogen) atoms. The first-order chi connectivity index (χ1) is 10.1. The third-order valence-electron chi connectivity index (χ3n) is 3.25. The smallest absolute Gasteiger partial charge is 0.131 e. The van der Waals surface area contributed by atoms with Crippen molar-refractivity contribution in [2.45, 2.75) is 33.5 Å². The maximum absolute atomic E-state index is 6.24. The number of nitrogens with zero attached hydrogens (tertiary/aromatic N) is 2. The van der Waals surface area contributed by atoms with E-state index in [2.05, 4.69) is 33.3 Å². The maximum atomic E-state index is 6.24. The second kappa shape index (κ2) is 7.29. The number of rotatable bonds is 6. The van der Waals surface area contributed by atoms with Gasteiger partial charge >= 0.3 is 0 Å². The van der Waals surface area contributed by atoms with Crippen LogP contribution in [0.5, 0.6) is 5.75 Å². The van der Waals surface area contributed by atoms with Crippen LogP contribution in [-0.2, 0) is 19.7 Å². The summed E-state index contributed by atoms with van der Waals surface area (Å²) < 4.78 is 8.93. The normalized spacial score (nSPS) is 10.9. The van der Waals surface area contributed by atoms with Crippen LogP contribution in [0.15, 0.2) is 22.7 Å². The third kappa shape index (κ3) is 3.59. The van der Waals surface area contributed by atoms with Gasteiger partial charge < -0.3 is 10.1 Å². The predicted octanol–water partition coefficient (Wildman–Crippen LogP) is 3.93. The van der Waals surface area contributed by atoms with Gasteiger partial charge in [-0.1, -0.05) is 17.7 Å². The summed E-state index contributed by atoms with van der Waals surface area (Å²) in [5.74, 6) is 0.797. The van der Waals surface area contributed by atoms with E-state index in [1.807, 2.05) is 36.9 Å². The van der Waals surface area contributed by atoms with Crippen LogP contribution in [0, 0.1) is 6.92 Å². The van der Waals surface area contributed by atoms with Crippen molar-refractivity contribution >= 4 is 27.5 Å². The van der Waals surface area contributed by atoms with Crippen LogP contribution in [0.1, 0.15) is 23.9 Å². The van der Waals surface area contributed by atoms with E-state index in [1.165, 1.54) is 0 Å². The highest BCUT2D eigenvalue weighted by Gasteiger charge is 2.14. The molecule has 1 N–H and O–H groups in total. The molecule has 1 aromatic carbocycles. The van der Waals surface area contributed by atoms with Gasteiger partial charge in [-0.2, -0.15) is 5.10 Å². The number of hydrogen-bond acceptors (Lipinski definition) is 3. The second-order valence-corrected chi connectivity index (χ2v) is 5.90. The SMILES string of the molecule is CCn1nc(C)c(Br)c1COc1cccc(Cl)c1CNC. The number of hydrogen-bond donors (Lipinski definition) is 1. The Morgan fingerprint density at radius 1 is 1.43 bits per heavy atom. The van der Waals surface area contributed by atoms with Crippen LogP contribution in [0.4, 0.5) is 0 Å². The van der Waals surface area contributed by atoms with Crippen LogP contribution < -0.4 is 10.1 Å². The van der Waals surface area contributed by atoms with E-state index in [4.69, 9.17) is 16.3 Å². The monoisotopic (exact) mass is 371 g/mol. The van der Waals surface area contributed by atoms with Crippen molar-refractivity contribution in [3.05, 3.63) is 44.6 Å². The summed E-state index contributed by atoms with van der Waals surface area (Å²) >= 11 is 9.81. The van der Waals surface area contributed by atoms with E-state index in [-0.39, 0.29) is 0 Å². The zero-order chi connectivity index (χ0) is 15.4. The van der Waals surface area contributed by atoms with E-state index < -0.39 is 0 Å². The predicted molar refractivity (Wildman–Crippen MR) is 88.9 cm³/mol. The molecular formula is C15H19BrClN3O. The summed E-state index contributed by atoms with van der Waals surface area (Å²) in [6.07, 6.45) is 0. The van der Waals surface area contributed by atoms with Gasteiger partial charge in [0.1, 0.15) is 12.4 Å². The standard InChI is InChI=1S/C15H19BrClN3O/c1-4-20-13(15(16)10(2)19-20)9-21-14-7-5-6-12(17)11(14)8-18-3/h5-7,18H,4,8-9H2,1-3H3. The van der Waals surface area contributed by atoms with Crippen molar-refractivity contribution in [3.8, 4) is 5.75 Å². The lowest BCUT2D eigenvalue weighted by Gasteiger charge is -2.13. The van der Waals surface area contributed by atoms with Gasteiger partial charge in [0.2, 0.25) is 0 Å². The molecule has 0 aliphatic heterocycles. The number of benzene rings is 1. The zero-order valence-corrected chi connectivity index (χ0v) is 14.8. The minimum Gasteiger partial charge on any atom is -0.487 e. The summed E-state index contributed by atoms with van der Waals surface area (Å²) in [4.78, 5) is 0. The maximum Gasteiger partial charge on any atom is 0.131 e. The molecule has 0 aliphatic carbocycles. The van der Waals surface area contributed by atoms with Crippen molar-refractivity contribution in [2.24, 2.45) is 0 Å². The fourth-order valence-corrected chi connectivity index (χ4v) is 2.81. The molecule has 0 atom stereocenters. The summed E-state index contributed by atoms with van der Waals surface area (Å²) in [5.41, 5.74) is 2.97. The quantitative estimate of drug-likeness (QED) is 0.835. The molecule has 2 rings (SSSR count). The van der Waals surface area contributed by atoms with Crippen LogP contribution in [0.3, 0.4) is 0 Å². The van der Waals surface area contributed by atoms with E-state index in [9.17, 15) is 0 Å². The molecule has 0 spiro atoms. The Kier molecular flexibility index (Phi) is 5.67. The van der Waals surface area contributed by atoms with Crippen molar-refractivity contribution in [2.75, 3.05) is 7.05 Å². The van der Waals surface area contributed by atoms with Gasteiger partial charge in [0.05, 0.1) is 15.9 Å². The summed E-state index contributed by atoms with van der Waals surface area (Å²) in [6, 6.07) is 5.71. The van der Waals surface area contributed by atoms with Crippen molar-refractivity contribution < 1.29 is 4.74 Å². The summed E-state index contributed by atoms with van der Waals surface area (Å²) in [5, 5.41) is 8.29. The first kappa shape index (κ1) is 16.3. The zero-order valence-electron chi connectivity index (χ0n) is 12.4. The first-order valence-corrected chi connectivity index (χ1v) is 8.02. The third-order valence-corrected chi connectivity index (χ3v) is 4.63. The Morgan fingerprint density at radius 2 is 2.19 bits per heavy atom. The second-order valence-electron chi connectivity index (χ2n) is 4.70. The molecule has 0 bridgehead atoms. The van der Waals surface area contributed by atoms with Crippen LogP contribution >= 0.6 is 27.5 Å². The molecule has 0 amide bonds. The molecule has 0 saturated heterocycles. The lowest BCUT2D eigenvalue weighted by atomic mass is 10.2. The van der Waals surface area contributed by atoms with Gasteiger partial charge in [-0.15, -0.1) is 0 Å². The van der Waals surface area contributed by atoms with Crippen LogP contribution in [0.25, 0.3) is 0 Å². The van der Waals surface area contributed by atoms with Crippen molar-refractivity contribution in [1.82, 2.24) is 15.1 Å². The molecule has 6 heteroatoms. The number of halogens is 2. The van der Waals surface area contributed by atoms with E-state index in [0.717, 1.165) is 33.7 Å². The molecule has 0 saturated carbocycles. The number of aromatic nitrogens is 2. The van der Waals surface area contributed by atoms with Gasteiger partial charge in [-0.3, -0.25) is 4.68 Å². The summed E-state index contributed by atoms with van der Waals surface area (Å²) in [6.45, 7) is 5.97. The molecular weight excluding hydrogens is 354 g/mol. The van der Waals surface area contributed by atoms with Crippen molar-refractivity contribution in [1.29, 1.82) is 0 Å². The Labute approximate surface area is 138 Å². The molecule has 0 radical (unpaired) electrons. The van der Waals surface area contributed by atoms with Gasteiger partial charge in [-0.05, 0) is 49.0 Å². The van der Waals surface area contributed by atoms with E-state index in [0.29, 0.717) is 18.2 Å². The van der Waals surface area contributed by atoms with Gasteiger partial charge in [0, 0.05) is 23.7 Å². The number of ether oxygens (including phenoxy) is 1. The van der Waals surface area contributed by atoms with Gasteiger partial charge in [0.15, 0.2) is 0 Å². The van der Waals surface area contributed by atoms with Gasteiger partial charge in [-0.25, -0.2) is 0 Å². The number of nitrogens with one attached hydrogen (secondary N) is 1. The fraction of sp³-hybridized carbons (Fsp3) is 0.400. The Hall–Kier alpha value is -1.04. The minimum absolute atomic E-state index is 0.451. The van der Waals surface area contributed by atoms with E-state index >= 15 is 0 Å². The number of aryl methyl sites for hydroxylation is 2. The molecule has 114 valence electrons. The highest BCUT2D eigenvalue weighted by molar-refractivity contribution is 9.10. The fourth-order valence-electron chi connectivity index (χ4n) is 2.18. The average Bonchev–Trinajstić information content (AvgIpc) is 2.75. The molecule has 2 aromatic rings. The molecule has 0 fully saturated rings. The lowest BCUT2D eigenvalue weighted by Crippen LogP contribution is -2.10. The van der Waals surface area contributed by atoms with Crippen LogP contribution in [0.2, 0.25) is 5.02 Å². The van der Waals surface area contributed by atoms with Gasteiger partial charge in [0.25, 0.3) is 0 Å². The molecule has 0 aliphatic rings. The molecule has 4 nitrogen and oxygen atoms in total. The Balaban J connectivity index is 2.23. The highest BCUT2D eigenvalue weighted by atomic mass is 79.9. The highest BCUT2D eigenvalue weighted by Crippen LogP contribution is 2.28. The Bertz CT molecular complexity index is 628. The molecule has 1 heterocycles. The summed E-state index contributed by atoms with van der Waals surface area (Å²) in [7, 11) is 1.89. The van der Waals surface area contributed by atoms with Crippen LogP contribution in [-0.4, -0.2) is 16.8 Å². The average molecular weight is 373 g/mol. The topological polar surface area (TPSA) is 39.1 Å². The Morgan fingerprint density at radius 3 is 2.86 bits per heavy atom. The largest absolute Gasteiger partial charge is 0.487 e. The first-order valence-electron chi connectivity index (χ1n) is 6.85.